The van der Waals surface area contributed by atoms with Gasteiger partial charge in [0.25, 0.3) is 0 Å². The van der Waals surface area contributed by atoms with E-state index < -0.39 is 0 Å². The highest BCUT2D eigenvalue weighted by Gasteiger charge is 2.23. The molecule has 1 atom stereocenters. The maximum atomic E-state index is 3.70. The smallest absolute Gasteiger partial charge is 0.0793 e. The average molecular weight is 218 g/mol. The zero-order chi connectivity index (χ0) is 11.5. The Hall–Kier alpha value is -1.02. The molecule has 0 spiro atoms. The van der Waals surface area contributed by atoms with Gasteiger partial charge in [0.15, 0.2) is 0 Å². The van der Waals surface area contributed by atoms with Crippen molar-refractivity contribution < 1.29 is 0 Å². The van der Waals surface area contributed by atoms with Crippen LogP contribution in [0.3, 0.4) is 0 Å². The zero-order valence-electron chi connectivity index (χ0n) is 10.6. The van der Waals surface area contributed by atoms with Gasteiger partial charge >= 0.3 is 0 Å². The highest BCUT2D eigenvalue weighted by atomic mass is 15.3. The van der Waals surface area contributed by atoms with Crippen LogP contribution in [0, 0.1) is 13.8 Å². The highest BCUT2D eigenvalue weighted by Crippen LogP contribution is 2.24. The first-order valence-corrected chi connectivity index (χ1v) is 6.29. The molecule has 1 aliphatic rings. The maximum absolute atomic E-state index is 3.70. The van der Waals surface area contributed by atoms with Gasteiger partial charge in [0.1, 0.15) is 0 Å². The molecule has 0 bridgehead atoms. The highest BCUT2D eigenvalue weighted by molar-refractivity contribution is 5.57. The molecular formula is C14H22N2. The Morgan fingerprint density at radius 1 is 1.31 bits per heavy atom. The number of nitrogens with zero attached hydrogens (tertiary/aromatic N) is 1. The van der Waals surface area contributed by atoms with Crippen molar-refractivity contribution in [1.29, 1.82) is 0 Å². The van der Waals surface area contributed by atoms with Crippen LogP contribution >= 0.6 is 0 Å². The molecule has 1 fully saturated rings. The lowest BCUT2D eigenvalue weighted by Gasteiger charge is -2.26. The Morgan fingerprint density at radius 2 is 2.00 bits per heavy atom. The molecule has 88 valence electrons. The topological polar surface area (TPSA) is 15.3 Å². The third kappa shape index (κ3) is 2.22. The predicted molar refractivity (Wildman–Crippen MR) is 69.8 cm³/mol. The number of para-hydroxylation sites is 1. The van der Waals surface area contributed by atoms with Crippen LogP contribution in [0.5, 0.6) is 0 Å². The molecule has 1 unspecified atom stereocenters. The average Bonchev–Trinajstić information content (AvgIpc) is 2.71. The molecule has 2 heteroatoms. The SMILES string of the molecule is CCN1CCCC1Nc1c(C)cccc1C. The van der Waals surface area contributed by atoms with Crippen LogP contribution in [0.25, 0.3) is 0 Å². The van der Waals surface area contributed by atoms with E-state index in [4.69, 9.17) is 0 Å². The summed E-state index contributed by atoms with van der Waals surface area (Å²) < 4.78 is 0. The van der Waals surface area contributed by atoms with Crippen LogP contribution in [0.15, 0.2) is 18.2 Å². The number of aryl methyl sites for hydroxylation is 2. The summed E-state index contributed by atoms with van der Waals surface area (Å²) in [6.07, 6.45) is 3.11. The normalized spacial score (nSPS) is 21.3. The second kappa shape index (κ2) is 4.88. The summed E-state index contributed by atoms with van der Waals surface area (Å²) in [5, 5.41) is 3.70. The minimum Gasteiger partial charge on any atom is -0.369 e. The van der Waals surface area contributed by atoms with E-state index in [0.717, 1.165) is 6.54 Å². The van der Waals surface area contributed by atoms with Crippen LogP contribution in [0.4, 0.5) is 5.69 Å². The Morgan fingerprint density at radius 3 is 2.62 bits per heavy atom. The van der Waals surface area contributed by atoms with Gasteiger partial charge in [-0.15, -0.1) is 0 Å². The minimum absolute atomic E-state index is 0.532. The molecule has 0 radical (unpaired) electrons. The van der Waals surface area contributed by atoms with Crippen molar-refractivity contribution >= 4 is 5.69 Å². The van der Waals surface area contributed by atoms with Crippen LogP contribution in [-0.2, 0) is 0 Å². The Bertz CT molecular complexity index is 340. The fraction of sp³-hybridized carbons (Fsp3) is 0.571. The molecule has 2 nitrogen and oxygen atoms in total. The summed E-state index contributed by atoms with van der Waals surface area (Å²) in [5.74, 6) is 0. The number of rotatable bonds is 3. The summed E-state index contributed by atoms with van der Waals surface area (Å²) in [6, 6.07) is 6.49. The summed E-state index contributed by atoms with van der Waals surface area (Å²) in [6.45, 7) is 8.98. The molecule has 16 heavy (non-hydrogen) atoms. The van der Waals surface area contributed by atoms with Gasteiger partial charge in [-0.1, -0.05) is 25.1 Å². The molecule has 0 aromatic heterocycles. The summed E-state index contributed by atoms with van der Waals surface area (Å²) in [7, 11) is 0. The molecule has 1 aliphatic heterocycles. The first kappa shape index (κ1) is 11.5. The lowest BCUT2D eigenvalue weighted by molar-refractivity contribution is 0.290. The summed E-state index contributed by atoms with van der Waals surface area (Å²) >= 11 is 0. The monoisotopic (exact) mass is 218 g/mol. The molecule has 1 aromatic rings. The van der Waals surface area contributed by atoms with E-state index in [-0.39, 0.29) is 0 Å². The van der Waals surface area contributed by atoms with E-state index in [9.17, 15) is 0 Å². The van der Waals surface area contributed by atoms with Crippen LogP contribution in [0.1, 0.15) is 30.9 Å². The Balaban J connectivity index is 2.14. The van der Waals surface area contributed by atoms with Crippen molar-refractivity contribution in [2.75, 3.05) is 18.4 Å². The van der Waals surface area contributed by atoms with Gasteiger partial charge in [0, 0.05) is 12.2 Å². The summed E-state index contributed by atoms with van der Waals surface area (Å²) in [4.78, 5) is 2.52. The quantitative estimate of drug-likeness (QED) is 0.838. The van der Waals surface area contributed by atoms with Crippen LogP contribution in [-0.4, -0.2) is 24.2 Å². The number of likely N-dealkylation sites (tertiary alicyclic amines) is 1. The first-order valence-electron chi connectivity index (χ1n) is 6.29. The van der Waals surface area contributed by atoms with Crippen molar-refractivity contribution in [2.45, 2.75) is 39.8 Å². The van der Waals surface area contributed by atoms with Crippen LogP contribution in [0.2, 0.25) is 0 Å². The van der Waals surface area contributed by atoms with Crippen molar-refractivity contribution in [3.05, 3.63) is 29.3 Å². The van der Waals surface area contributed by atoms with Gasteiger partial charge < -0.3 is 5.32 Å². The van der Waals surface area contributed by atoms with Gasteiger partial charge in [0.05, 0.1) is 6.17 Å². The summed E-state index contributed by atoms with van der Waals surface area (Å²) in [5.41, 5.74) is 4.03. The third-order valence-electron chi connectivity index (χ3n) is 3.56. The van der Waals surface area contributed by atoms with E-state index in [1.807, 2.05) is 0 Å². The second-order valence-corrected chi connectivity index (χ2v) is 4.70. The Labute approximate surface area is 98.7 Å². The fourth-order valence-corrected chi connectivity index (χ4v) is 2.58. The van der Waals surface area contributed by atoms with Gasteiger partial charge in [-0.2, -0.15) is 0 Å². The van der Waals surface area contributed by atoms with E-state index in [2.05, 4.69) is 49.2 Å². The zero-order valence-corrected chi connectivity index (χ0v) is 10.6. The molecule has 1 saturated heterocycles. The maximum Gasteiger partial charge on any atom is 0.0793 e. The number of benzene rings is 1. The van der Waals surface area contributed by atoms with Crippen molar-refractivity contribution in [2.24, 2.45) is 0 Å². The van der Waals surface area contributed by atoms with Gasteiger partial charge in [0.2, 0.25) is 0 Å². The molecular weight excluding hydrogens is 196 g/mol. The minimum atomic E-state index is 0.532. The van der Waals surface area contributed by atoms with Crippen LogP contribution < -0.4 is 5.32 Å². The predicted octanol–water partition coefficient (Wildman–Crippen LogP) is 3.16. The van der Waals surface area contributed by atoms with Crippen molar-refractivity contribution in [3.63, 3.8) is 0 Å². The van der Waals surface area contributed by atoms with Gasteiger partial charge in [-0.25, -0.2) is 0 Å². The number of anilines is 1. The van der Waals surface area contributed by atoms with Crippen molar-refractivity contribution in [3.8, 4) is 0 Å². The van der Waals surface area contributed by atoms with E-state index in [0.29, 0.717) is 6.17 Å². The second-order valence-electron chi connectivity index (χ2n) is 4.70. The number of hydrogen-bond acceptors (Lipinski definition) is 2. The van der Waals surface area contributed by atoms with Crippen molar-refractivity contribution in [1.82, 2.24) is 4.90 Å². The lowest BCUT2D eigenvalue weighted by atomic mass is 10.1. The molecule has 1 aromatic carbocycles. The number of hydrogen-bond donors (Lipinski definition) is 1. The molecule has 0 amide bonds. The molecule has 1 N–H and O–H groups in total. The molecule has 1 heterocycles. The largest absolute Gasteiger partial charge is 0.369 e. The van der Waals surface area contributed by atoms with Gasteiger partial charge in [-0.05, 0) is 44.4 Å². The van der Waals surface area contributed by atoms with E-state index in [1.165, 1.54) is 36.2 Å². The number of nitrogens with one attached hydrogen (secondary N) is 1. The molecule has 2 rings (SSSR count). The fourth-order valence-electron chi connectivity index (χ4n) is 2.58. The lowest BCUT2D eigenvalue weighted by Crippen LogP contribution is -2.35. The third-order valence-corrected chi connectivity index (χ3v) is 3.56. The molecule has 0 saturated carbocycles. The standard InChI is InChI=1S/C14H22N2/c1-4-16-10-6-9-13(16)15-14-11(2)7-5-8-12(14)3/h5,7-8,13,15H,4,6,9-10H2,1-3H3. The molecule has 0 aliphatic carbocycles. The Kier molecular flexibility index (Phi) is 3.49. The van der Waals surface area contributed by atoms with E-state index in [1.54, 1.807) is 0 Å². The van der Waals surface area contributed by atoms with Gasteiger partial charge in [-0.3, -0.25) is 4.90 Å². The first-order chi connectivity index (χ1) is 7.72. The van der Waals surface area contributed by atoms with E-state index >= 15 is 0 Å².